The molecule has 0 aliphatic rings. The molecule has 4 aromatic rings. The summed E-state index contributed by atoms with van der Waals surface area (Å²) in [5.41, 5.74) is -1.93. The lowest BCUT2D eigenvalue weighted by Gasteiger charge is -2.10. The molecule has 0 aliphatic carbocycles. The van der Waals surface area contributed by atoms with Crippen LogP contribution in [0.4, 0.5) is 26.3 Å². The Morgan fingerprint density at radius 1 is 0.674 bits per heavy atom. The van der Waals surface area contributed by atoms with Gasteiger partial charge in [0.1, 0.15) is 24.2 Å². The molecule has 0 spiro atoms. The number of rotatable bonds is 8. The molecular formula is C26H18F6N6O5. The molecule has 0 N–H and O–H groups in total. The molecule has 0 amide bonds. The summed E-state index contributed by atoms with van der Waals surface area (Å²) in [7, 11) is 2.41. The Balaban J connectivity index is 1.38. The van der Waals surface area contributed by atoms with Crippen LogP contribution in [-0.4, -0.2) is 55.7 Å². The van der Waals surface area contributed by atoms with Crippen LogP contribution >= 0.6 is 0 Å². The average molecular weight is 608 g/mol. The number of nitrogens with zero attached hydrogens (tertiary/aromatic N) is 6. The molecule has 43 heavy (non-hydrogen) atoms. The number of hydrogen-bond donors (Lipinski definition) is 0. The Bertz CT molecular complexity index is 1580. The van der Waals surface area contributed by atoms with E-state index < -0.39 is 35.4 Å². The second-order valence-corrected chi connectivity index (χ2v) is 8.36. The number of alkyl halides is 6. The summed E-state index contributed by atoms with van der Waals surface area (Å²) in [6.45, 7) is 0. The van der Waals surface area contributed by atoms with Crippen molar-refractivity contribution in [1.82, 2.24) is 29.5 Å². The van der Waals surface area contributed by atoms with Gasteiger partial charge in [-0.1, -0.05) is 0 Å². The van der Waals surface area contributed by atoms with Crippen molar-refractivity contribution in [2.45, 2.75) is 12.4 Å². The van der Waals surface area contributed by atoms with Crippen molar-refractivity contribution in [1.29, 1.82) is 0 Å². The van der Waals surface area contributed by atoms with E-state index in [0.29, 0.717) is 0 Å². The highest BCUT2D eigenvalue weighted by Crippen LogP contribution is 2.36. The van der Waals surface area contributed by atoms with Crippen molar-refractivity contribution in [2.24, 2.45) is 0 Å². The lowest BCUT2D eigenvalue weighted by atomic mass is 10.1. The second-order valence-electron chi connectivity index (χ2n) is 8.36. The minimum absolute atomic E-state index is 0.00480. The summed E-state index contributed by atoms with van der Waals surface area (Å²) in [5.74, 6) is -2.57. The monoisotopic (exact) mass is 608 g/mol. The fourth-order valence-electron chi connectivity index (χ4n) is 3.42. The Morgan fingerprint density at radius 2 is 1.07 bits per heavy atom. The van der Waals surface area contributed by atoms with Gasteiger partial charge in [0.05, 0.1) is 25.3 Å². The van der Waals surface area contributed by atoms with E-state index in [2.05, 4.69) is 24.9 Å². The van der Waals surface area contributed by atoms with Gasteiger partial charge in [-0.05, 0) is 36.4 Å². The lowest BCUT2D eigenvalue weighted by molar-refractivity contribution is -0.152. The van der Waals surface area contributed by atoms with E-state index in [1.807, 2.05) is 0 Å². The number of esters is 2. The Morgan fingerprint density at radius 3 is 1.42 bits per heavy atom. The molecule has 2 aromatic heterocycles. The van der Waals surface area contributed by atoms with E-state index in [9.17, 15) is 35.9 Å². The van der Waals surface area contributed by atoms with Gasteiger partial charge in [0, 0.05) is 35.7 Å². The lowest BCUT2D eigenvalue weighted by Crippen LogP contribution is -2.08. The molecule has 0 atom stereocenters. The van der Waals surface area contributed by atoms with Crippen molar-refractivity contribution in [3.63, 3.8) is 0 Å². The van der Waals surface area contributed by atoms with E-state index in [1.165, 1.54) is 26.4 Å². The Hall–Kier alpha value is -5.48. The first kappa shape index (κ1) is 30.5. The highest BCUT2D eigenvalue weighted by molar-refractivity contribution is 5.98. The number of methoxy groups -OCH3 is 2. The molecule has 0 aliphatic heterocycles. The van der Waals surface area contributed by atoms with Crippen LogP contribution in [0.15, 0.2) is 61.2 Å². The first-order valence-electron chi connectivity index (χ1n) is 11.7. The van der Waals surface area contributed by atoms with Gasteiger partial charge in [0.2, 0.25) is 0 Å². The predicted octanol–water partition coefficient (Wildman–Crippen LogP) is 4.97. The van der Waals surface area contributed by atoms with Crippen LogP contribution in [-0.2, 0) is 26.7 Å². The largest absolute Gasteiger partial charge is 0.497 e. The molecule has 17 heteroatoms. The summed E-state index contributed by atoms with van der Waals surface area (Å²) in [6, 6.07) is 5.90. The zero-order valence-electron chi connectivity index (χ0n) is 21.9. The van der Waals surface area contributed by atoms with E-state index >= 15 is 0 Å². The molecule has 2 heterocycles. The van der Waals surface area contributed by atoms with Gasteiger partial charge in [-0.15, -0.1) is 10.2 Å². The first-order chi connectivity index (χ1) is 20.2. The number of benzene rings is 2. The number of aromatic nitrogens is 6. The molecule has 0 saturated carbocycles. The van der Waals surface area contributed by atoms with Crippen molar-refractivity contribution >= 4 is 24.3 Å². The minimum Gasteiger partial charge on any atom is -0.497 e. The van der Waals surface area contributed by atoms with Crippen LogP contribution in [0.5, 0.6) is 11.5 Å². The standard InChI is InChI=1S/C26H18F6N6O5/c1-41-19-9-15(7-17(11-19)25(27,28)29)23-33-13-37(35-23)5-3-21(39)43-22(40)4-6-38-14-34-24(36-38)16-8-18(26(30,31)32)12-20(10-16)42-2/h3-14H,1-2H3. The maximum Gasteiger partial charge on any atom is 0.416 e. The highest BCUT2D eigenvalue weighted by atomic mass is 19.4. The number of hydrogen-bond acceptors (Lipinski definition) is 9. The van der Waals surface area contributed by atoms with Crippen LogP contribution in [0.25, 0.3) is 35.2 Å². The van der Waals surface area contributed by atoms with Gasteiger partial charge in [-0.2, -0.15) is 26.3 Å². The van der Waals surface area contributed by atoms with Gasteiger partial charge in [0.15, 0.2) is 11.6 Å². The maximum absolute atomic E-state index is 13.2. The summed E-state index contributed by atoms with van der Waals surface area (Å²) in [5, 5.41) is 7.93. The van der Waals surface area contributed by atoms with Crippen molar-refractivity contribution in [2.75, 3.05) is 14.2 Å². The summed E-state index contributed by atoms with van der Waals surface area (Å²) >= 11 is 0. The number of carbonyl (C=O) groups is 2. The topological polar surface area (TPSA) is 123 Å². The molecule has 0 unspecified atom stereocenters. The number of carbonyl (C=O) groups excluding carboxylic acids is 2. The molecule has 224 valence electrons. The number of ether oxygens (including phenoxy) is 3. The van der Waals surface area contributed by atoms with Crippen LogP contribution < -0.4 is 9.47 Å². The second kappa shape index (κ2) is 12.2. The van der Waals surface area contributed by atoms with E-state index in [4.69, 9.17) is 9.47 Å². The Labute approximate surface area is 237 Å². The third-order valence-corrected chi connectivity index (χ3v) is 5.40. The fraction of sp³-hybridized carbons (Fsp3) is 0.154. The average Bonchev–Trinajstić information content (AvgIpc) is 3.64. The van der Waals surface area contributed by atoms with Crippen LogP contribution in [0, 0.1) is 0 Å². The van der Waals surface area contributed by atoms with Crippen LogP contribution in [0.1, 0.15) is 11.1 Å². The van der Waals surface area contributed by atoms with Gasteiger partial charge < -0.3 is 14.2 Å². The van der Waals surface area contributed by atoms with Gasteiger partial charge in [-0.25, -0.2) is 28.9 Å². The zero-order chi connectivity index (χ0) is 31.4. The molecule has 0 bridgehead atoms. The van der Waals surface area contributed by atoms with E-state index in [0.717, 1.165) is 70.8 Å². The van der Waals surface area contributed by atoms with Gasteiger partial charge in [0.25, 0.3) is 0 Å². The van der Waals surface area contributed by atoms with Crippen molar-refractivity contribution in [3.8, 4) is 34.3 Å². The summed E-state index contributed by atoms with van der Waals surface area (Å²) in [6.07, 6.45) is -3.34. The third-order valence-electron chi connectivity index (χ3n) is 5.40. The molecule has 4 rings (SSSR count). The maximum atomic E-state index is 13.2. The van der Waals surface area contributed by atoms with Crippen molar-refractivity contribution in [3.05, 3.63) is 72.3 Å². The molecule has 2 aromatic carbocycles. The van der Waals surface area contributed by atoms with Crippen molar-refractivity contribution < 1.29 is 50.1 Å². The molecule has 11 nitrogen and oxygen atoms in total. The number of halogens is 6. The minimum atomic E-state index is -4.64. The zero-order valence-corrected chi connectivity index (χ0v) is 21.9. The van der Waals surface area contributed by atoms with E-state index in [-0.39, 0.29) is 34.3 Å². The fourth-order valence-corrected chi connectivity index (χ4v) is 3.42. The molecule has 0 saturated heterocycles. The van der Waals surface area contributed by atoms with Gasteiger partial charge in [-0.3, -0.25) is 0 Å². The molecule has 0 fully saturated rings. The summed E-state index contributed by atoms with van der Waals surface area (Å²) in [4.78, 5) is 31.8. The quantitative estimate of drug-likeness (QED) is 0.118. The van der Waals surface area contributed by atoms with Crippen LogP contribution in [0.3, 0.4) is 0 Å². The predicted molar refractivity (Wildman–Crippen MR) is 136 cm³/mol. The summed E-state index contributed by atoms with van der Waals surface area (Å²) < 4.78 is 95.4. The van der Waals surface area contributed by atoms with Gasteiger partial charge >= 0.3 is 24.3 Å². The SMILES string of the molecule is COc1cc(-c2ncn(C=CC(=O)OC(=O)C=Cn3cnc(-c4cc(OC)cc(C(F)(F)F)c4)n3)n2)cc(C(F)(F)F)c1. The first-order valence-corrected chi connectivity index (χ1v) is 11.7. The third kappa shape index (κ3) is 7.84. The smallest absolute Gasteiger partial charge is 0.416 e. The molecule has 0 radical (unpaired) electrons. The Kier molecular flexibility index (Phi) is 8.63. The normalized spacial score (nSPS) is 12.2. The van der Waals surface area contributed by atoms with Crippen LogP contribution in [0.2, 0.25) is 0 Å². The highest BCUT2D eigenvalue weighted by Gasteiger charge is 2.32. The van der Waals surface area contributed by atoms with E-state index in [1.54, 1.807) is 0 Å². The molecular weight excluding hydrogens is 590 g/mol.